The number of benzene rings is 1. The maximum Gasteiger partial charge on any atom is 0.115 e. The van der Waals surface area contributed by atoms with Crippen LogP contribution in [0.1, 0.15) is 5.56 Å². The van der Waals surface area contributed by atoms with Gasteiger partial charge in [-0.2, -0.15) is 0 Å². The van der Waals surface area contributed by atoms with Crippen LogP contribution in [0.3, 0.4) is 0 Å². The molecule has 14 heavy (non-hydrogen) atoms. The summed E-state index contributed by atoms with van der Waals surface area (Å²) in [6, 6.07) is 7.38. The molecule has 1 aliphatic heterocycles. The molecule has 0 unspecified atom stereocenters. The third kappa shape index (κ3) is 2.28. The Morgan fingerprint density at radius 1 is 1.21 bits per heavy atom. The minimum atomic E-state index is 0. The van der Waals surface area contributed by atoms with E-state index >= 15 is 0 Å². The Hall–Kier alpha value is -0.990. The first-order chi connectivity index (χ1) is 6.25. The Morgan fingerprint density at radius 2 is 1.86 bits per heavy atom. The molecule has 1 aromatic carbocycles. The van der Waals surface area contributed by atoms with Gasteiger partial charge in [0, 0.05) is 13.1 Å². The topological polar surface area (TPSA) is 23.5 Å². The molecule has 0 spiro atoms. The van der Waals surface area contributed by atoms with E-state index in [-0.39, 0.29) is 12.4 Å². The van der Waals surface area contributed by atoms with Crippen LogP contribution in [0.4, 0.5) is 0 Å². The average Bonchev–Trinajstić information content (AvgIpc) is 2.53. The summed E-state index contributed by atoms with van der Waals surface area (Å²) in [6.45, 7) is 2.03. The molecule has 0 saturated heterocycles. The van der Waals surface area contributed by atoms with E-state index in [9.17, 15) is 0 Å². The minimum absolute atomic E-state index is 0. The highest BCUT2D eigenvalue weighted by molar-refractivity contribution is 5.85. The number of hydrogen-bond donors (Lipinski definition) is 1. The second-order valence-corrected chi connectivity index (χ2v) is 3.47. The molecule has 1 aliphatic rings. The zero-order chi connectivity index (χ0) is 9.26. The van der Waals surface area contributed by atoms with Gasteiger partial charge in [0.2, 0.25) is 0 Å². The fourth-order valence-electron chi connectivity index (χ4n) is 1.57. The molecule has 1 heterocycles. The number of hydrogen-bond acceptors (Lipinski definition) is 2. The van der Waals surface area contributed by atoms with Crippen LogP contribution in [-0.2, 0) is 0 Å². The lowest BCUT2D eigenvalue weighted by atomic mass is 10.1. The fourth-order valence-corrected chi connectivity index (χ4v) is 1.57. The third-order valence-electron chi connectivity index (χ3n) is 2.33. The standard InChI is InChI=1S/C11H13NO.ClH/c1-12-7-6-10(8-12)9-2-4-11(13)5-3-9;/h2-6,13H,7-8H2,1H3;1H. The van der Waals surface area contributed by atoms with Gasteiger partial charge in [-0.25, -0.2) is 0 Å². The van der Waals surface area contributed by atoms with Crippen LogP contribution >= 0.6 is 12.4 Å². The predicted molar refractivity (Wildman–Crippen MR) is 60.8 cm³/mol. The molecule has 0 amide bonds. The van der Waals surface area contributed by atoms with Crippen LogP contribution in [0.5, 0.6) is 5.75 Å². The van der Waals surface area contributed by atoms with Crippen molar-refractivity contribution >= 4 is 18.0 Å². The lowest BCUT2D eigenvalue weighted by Gasteiger charge is -2.07. The lowest BCUT2D eigenvalue weighted by Crippen LogP contribution is -2.13. The fraction of sp³-hybridized carbons (Fsp3) is 0.273. The lowest BCUT2D eigenvalue weighted by molar-refractivity contribution is 0.438. The van der Waals surface area contributed by atoms with Crippen molar-refractivity contribution in [3.8, 4) is 5.75 Å². The highest BCUT2D eigenvalue weighted by Crippen LogP contribution is 2.21. The second-order valence-electron chi connectivity index (χ2n) is 3.47. The Kier molecular flexibility index (Phi) is 3.55. The van der Waals surface area contributed by atoms with Crippen molar-refractivity contribution < 1.29 is 5.11 Å². The normalized spacial score (nSPS) is 16.2. The van der Waals surface area contributed by atoms with Gasteiger partial charge in [-0.15, -0.1) is 12.4 Å². The summed E-state index contributed by atoms with van der Waals surface area (Å²) < 4.78 is 0. The number of rotatable bonds is 1. The van der Waals surface area contributed by atoms with E-state index < -0.39 is 0 Å². The summed E-state index contributed by atoms with van der Waals surface area (Å²) in [5, 5.41) is 9.12. The Bertz CT molecular complexity index is 332. The third-order valence-corrected chi connectivity index (χ3v) is 2.33. The second kappa shape index (κ2) is 4.49. The summed E-state index contributed by atoms with van der Waals surface area (Å²) in [5.74, 6) is 0.329. The van der Waals surface area contributed by atoms with E-state index in [1.807, 2.05) is 12.1 Å². The molecule has 0 aliphatic carbocycles. The van der Waals surface area contributed by atoms with Crippen molar-refractivity contribution in [1.82, 2.24) is 4.90 Å². The van der Waals surface area contributed by atoms with Crippen LogP contribution in [-0.4, -0.2) is 30.1 Å². The van der Waals surface area contributed by atoms with Gasteiger partial charge in [-0.1, -0.05) is 18.2 Å². The zero-order valence-electron chi connectivity index (χ0n) is 8.10. The number of phenolic OH excluding ortho intramolecular Hbond substituents is 1. The van der Waals surface area contributed by atoms with Crippen LogP contribution in [0.15, 0.2) is 30.3 Å². The van der Waals surface area contributed by atoms with Gasteiger partial charge in [0.25, 0.3) is 0 Å². The zero-order valence-corrected chi connectivity index (χ0v) is 8.92. The first-order valence-corrected chi connectivity index (χ1v) is 4.43. The molecule has 1 aromatic rings. The maximum atomic E-state index is 9.12. The minimum Gasteiger partial charge on any atom is -0.508 e. The van der Waals surface area contributed by atoms with Crippen molar-refractivity contribution in [2.24, 2.45) is 0 Å². The molecule has 0 saturated carbocycles. The van der Waals surface area contributed by atoms with Gasteiger partial charge in [-0.3, -0.25) is 4.90 Å². The number of aromatic hydroxyl groups is 1. The molecule has 76 valence electrons. The molecule has 1 N–H and O–H groups in total. The molecule has 0 bridgehead atoms. The van der Waals surface area contributed by atoms with E-state index in [2.05, 4.69) is 18.0 Å². The Morgan fingerprint density at radius 3 is 2.36 bits per heavy atom. The summed E-state index contributed by atoms with van der Waals surface area (Å²) in [6.07, 6.45) is 2.23. The predicted octanol–water partition coefficient (Wildman–Crippen LogP) is 2.14. The van der Waals surface area contributed by atoms with E-state index in [4.69, 9.17) is 5.11 Å². The summed E-state index contributed by atoms with van der Waals surface area (Å²) in [7, 11) is 2.10. The van der Waals surface area contributed by atoms with E-state index in [0.29, 0.717) is 5.75 Å². The van der Waals surface area contributed by atoms with Gasteiger partial charge in [0.05, 0.1) is 0 Å². The van der Waals surface area contributed by atoms with E-state index in [1.165, 1.54) is 11.1 Å². The summed E-state index contributed by atoms with van der Waals surface area (Å²) in [4.78, 5) is 2.25. The molecular formula is C11H14ClNO. The van der Waals surface area contributed by atoms with Crippen LogP contribution in [0, 0.1) is 0 Å². The molecule has 0 fully saturated rings. The summed E-state index contributed by atoms with van der Waals surface area (Å²) in [5.41, 5.74) is 2.56. The van der Waals surface area contributed by atoms with E-state index in [0.717, 1.165) is 13.1 Å². The molecule has 0 radical (unpaired) electrons. The number of likely N-dealkylation sites (N-methyl/N-ethyl adjacent to an activating group) is 1. The SMILES string of the molecule is CN1CC=C(c2ccc(O)cc2)C1.Cl. The smallest absolute Gasteiger partial charge is 0.115 e. The van der Waals surface area contributed by atoms with Crippen molar-refractivity contribution in [2.75, 3.05) is 20.1 Å². The van der Waals surface area contributed by atoms with E-state index in [1.54, 1.807) is 12.1 Å². The van der Waals surface area contributed by atoms with Crippen molar-refractivity contribution in [3.63, 3.8) is 0 Å². The number of nitrogens with zero attached hydrogens (tertiary/aromatic N) is 1. The Labute approximate surface area is 90.3 Å². The van der Waals surface area contributed by atoms with Gasteiger partial charge in [0.1, 0.15) is 5.75 Å². The molecule has 3 heteroatoms. The highest BCUT2D eigenvalue weighted by Gasteiger charge is 2.10. The molecule has 0 aromatic heterocycles. The number of halogens is 1. The first-order valence-electron chi connectivity index (χ1n) is 4.43. The number of phenols is 1. The van der Waals surface area contributed by atoms with Crippen LogP contribution in [0.25, 0.3) is 5.57 Å². The largest absolute Gasteiger partial charge is 0.508 e. The quantitative estimate of drug-likeness (QED) is 0.770. The van der Waals surface area contributed by atoms with Gasteiger partial charge in [-0.05, 0) is 30.3 Å². The highest BCUT2D eigenvalue weighted by atomic mass is 35.5. The summed E-state index contributed by atoms with van der Waals surface area (Å²) >= 11 is 0. The van der Waals surface area contributed by atoms with Crippen molar-refractivity contribution in [3.05, 3.63) is 35.9 Å². The Balaban J connectivity index is 0.000000980. The molecule has 2 rings (SSSR count). The molecular weight excluding hydrogens is 198 g/mol. The molecule has 0 atom stereocenters. The van der Waals surface area contributed by atoms with Crippen molar-refractivity contribution in [2.45, 2.75) is 0 Å². The van der Waals surface area contributed by atoms with Gasteiger partial charge >= 0.3 is 0 Å². The monoisotopic (exact) mass is 211 g/mol. The maximum absolute atomic E-state index is 9.12. The van der Waals surface area contributed by atoms with Gasteiger partial charge in [0.15, 0.2) is 0 Å². The first kappa shape index (κ1) is 11.1. The van der Waals surface area contributed by atoms with Gasteiger partial charge < -0.3 is 5.11 Å². The molecule has 2 nitrogen and oxygen atoms in total. The van der Waals surface area contributed by atoms with Crippen LogP contribution < -0.4 is 0 Å². The average molecular weight is 212 g/mol. The van der Waals surface area contributed by atoms with Crippen LogP contribution in [0.2, 0.25) is 0 Å². The van der Waals surface area contributed by atoms with Crippen molar-refractivity contribution in [1.29, 1.82) is 0 Å².